The van der Waals surface area contributed by atoms with E-state index < -0.39 is 32.1 Å². The molecule has 3 N–H and O–H groups in total. The molecule has 0 aliphatic heterocycles. The summed E-state index contributed by atoms with van der Waals surface area (Å²) < 4.78 is 58.0. The third-order valence-corrected chi connectivity index (χ3v) is 6.12. The first-order valence-corrected chi connectivity index (χ1v) is 10.6. The number of carboxylic acid groups (broad SMARTS) is 1. The van der Waals surface area contributed by atoms with Crippen LogP contribution in [0.5, 0.6) is 5.75 Å². The fourth-order valence-corrected chi connectivity index (χ4v) is 4.04. The maximum atomic E-state index is 12.6. The molecule has 0 saturated heterocycles. The Morgan fingerprint density at radius 3 is 2.36 bits per heavy atom. The Bertz CT molecular complexity index is 820. The van der Waals surface area contributed by atoms with Gasteiger partial charge in [0.25, 0.3) is 0 Å². The van der Waals surface area contributed by atoms with Crippen molar-refractivity contribution in [3.8, 4) is 5.75 Å². The first-order chi connectivity index (χ1) is 11.6. The van der Waals surface area contributed by atoms with Gasteiger partial charge in [-0.25, -0.2) is 16.8 Å². The second-order valence-corrected chi connectivity index (χ2v) is 8.86. The Labute approximate surface area is 147 Å². The molecule has 0 amide bonds. The van der Waals surface area contributed by atoms with Crippen LogP contribution in [0.2, 0.25) is 0 Å². The molecule has 0 saturated carbocycles. The first kappa shape index (κ1) is 21.2. The molecule has 25 heavy (non-hydrogen) atoms. The normalized spacial score (nSPS) is 13.2. The van der Waals surface area contributed by atoms with E-state index in [2.05, 4.69) is 9.44 Å². The molecule has 1 rings (SSSR count). The maximum absolute atomic E-state index is 12.6. The van der Waals surface area contributed by atoms with Crippen LogP contribution in [0, 0.1) is 0 Å². The topological polar surface area (TPSA) is 139 Å². The molecule has 0 aliphatic rings. The standard InChI is InChI=1S/C14H22N2O7S2/c1-4-6-11(14(17)18)16-25(21,22)13-8-7-10(23-3)9-12(13)15-24(19,20)5-2/h7-9,11,15-16H,4-6H2,1-3H3,(H,17,18). The summed E-state index contributed by atoms with van der Waals surface area (Å²) in [6.45, 7) is 3.12. The van der Waals surface area contributed by atoms with Crippen LogP contribution < -0.4 is 14.2 Å². The van der Waals surface area contributed by atoms with Crippen LogP contribution in [0.25, 0.3) is 0 Å². The zero-order valence-corrected chi connectivity index (χ0v) is 15.8. The number of anilines is 1. The number of carboxylic acids is 1. The van der Waals surface area contributed by atoms with Crippen molar-refractivity contribution in [1.82, 2.24) is 4.72 Å². The van der Waals surface area contributed by atoms with Crippen LogP contribution in [0.15, 0.2) is 23.1 Å². The van der Waals surface area contributed by atoms with Crippen LogP contribution in [-0.2, 0) is 24.8 Å². The van der Waals surface area contributed by atoms with Gasteiger partial charge in [-0.2, -0.15) is 4.72 Å². The van der Waals surface area contributed by atoms with Crippen LogP contribution in [0.3, 0.4) is 0 Å². The lowest BCUT2D eigenvalue weighted by molar-refractivity contribution is -0.139. The molecule has 9 nitrogen and oxygen atoms in total. The second kappa shape index (κ2) is 8.50. The van der Waals surface area contributed by atoms with Crippen molar-refractivity contribution < 1.29 is 31.5 Å². The van der Waals surface area contributed by atoms with E-state index in [4.69, 9.17) is 9.84 Å². The monoisotopic (exact) mass is 394 g/mol. The van der Waals surface area contributed by atoms with E-state index in [9.17, 15) is 21.6 Å². The lowest BCUT2D eigenvalue weighted by atomic mass is 10.2. The predicted molar refractivity (Wildman–Crippen MR) is 92.7 cm³/mol. The second-order valence-electron chi connectivity index (χ2n) is 5.17. The van der Waals surface area contributed by atoms with Gasteiger partial charge in [-0.3, -0.25) is 9.52 Å². The average Bonchev–Trinajstić information content (AvgIpc) is 2.53. The van der Waals surface area contributed by atoms with E-state index in [1.165, 1.54) is 26.2 Å². The molecule has 1 unspecified atom stereocenters. The molecule has 1 atom stereocenters. The molecule has 0 spiro atoms. The number of rotatable bonds is 10. The quantitative estimate of drug-likeness (QED) is 0.538. The average molecular weight is 394 g/mol. The Balaban J connectivity index is 3.36. The van der Waals surface area contributed by atoms with Crippen molar-refractivity contribution in [1.29, 1.82) is 0 Å². The van der Waals surface area contributed by atoms with Crippen LogP contribution in [0.1, 0.15) is 26.7 Å². The Hall–Kier alpha value is -1.85. The van der Waals surface area contributed by atoms with Gasteiger partial charge in [0, 0.05) is 6.07 Å². The highest BCUT2D eigenvalue weighted by atomic mass is 32.2. The van der Waals surface area contributed by atoms with Crippen molar-refractivity contribution in [3.63, 3.8) is 0 Å². The molecule has 1 aromatic carbocycles. The Morgan fingerprint density at radius 2 is 1.88 bits per heavy atom. The summed E-state index contributed by atoms with van der Waals surface area (Å²) in [7, 11) is -6.68. The molecule has 1 aromatic rings. The fourth-order valence-electron chi connectivity index (χ4n) is 1.96. The van der Waals surface area contributed by atoms with Crippen LogP contribution >= 0.6 is 0 Å². The SMILES string of the molecule is CCCC(NS(=O)(=O)c1ccc(OC)cc1NS(=O)(=O)CC)C(=O)O. The van der Waals surface area contributed by atoms with E-state index in [1.54, 1.807) is 6.92 Å². The molecule has 0 radical (unpaired) electrons. The minimum atomic E-state index is -4.28. The highest BCUT2D eigenvalue weighted by Gasteiger charge is 2.27. The number of hydrogen-bond donors (Lipinski definition) is 3. The number of methoxy groups -OCH3 is 1. The fraction of sp³-hybridized carbons (Fsp3) is 0.500. The molecule has 142 valence electrons. The highest BCUT2D eigenvalue weighted by Crippen LogP contribution is 2.27. The van der Waals surface area contributed by atoms with Gasteiger partial charge in [-0.05, 0) is 25.5 Å². The number of nitrogens with one attached hydrogen (secondary N) is 2. The van der Waals surface area contributed by atoms with Gasteiger partial charge >= 0.3 is 5.97 Å². The highest BCUT2D eigenvalue weighted by molar-refractivity contribution is 7.93. The first-order valence-electron chi connectivity index (χ1n) is 7.50. The van der Waals surface area contributed by atoms with Crippen LogP contribution in [0.4, 0.5) is 5.69 Å². The van der Waals surface area contributed by atoms with Gasteiger partial charge in [-0.15, -0.1) is 0 Å². The van der Waals surface area contributed by atoms with E-state index >= 15 is 0 Å². The number of aliphatic carboxylic acids is 1. The predicted octanol–water partition coefficient (Wildman–Crippen LogP) is 0.988. The van der Waals surface area contributed by atoms with Gasteiger partial charge in [0.2, 0.25) is 20.0 Å². The molecule has 0 bridgehead atoms. The number of sulfonamides is 2. The van der Waals surface area contributed by atoms with Crippen molar-refractivity contribution in [2.75, 3.05) is 17.6 Å². The molecule has 0 heterocycles. The Kier molecular flexibility index (Phi) is 7.20. The van der Waals surface area contributed by atoms with Gasteiger partial charge in [0.05, 0.1) is 18.6 Å². The zero-order chi connectivity index (χ0) is 19.3. The van der Waals surface area contributed by atoms with Crippen molar-refractivity contribution in [3.05, 3.63) is 18.2 Å². The van der Waals surface area contributed by atoms with Crippen molar-refractivity contribution in [2.45, 2.75) is 37.6 Å². The summed E-state index contributed by atoms with van der Waals surface area (Å²) in [6.07, 6.45) is 0.554. The Morgan fingerprint density at radius 1 is 1.24 bits per heavy atom. The van der Waals surface area contributed by atoms with Crippen molar-refractivity contribution >= 4 is 31.7 Å². The summed E-state index contributed by atoms with van der Waals surface area (Å²) in [5, 5.41) is 9.13. The van der Waals surface area contributed by atoms with Crippen molar-refractivity contribution in [2.24, 2.45) is 0 Å². The number of carbonyl (C=O) groups is 1. The van der Waals surface area contributed by atoms with E-state index in [0.29, 0.717) is 6.42 Å². The van der Waals surface area contributed by atoms with Gasteiger partial charge < -0.3 is 9.84 Å². The number of hydrogen-bond acceptors (Lipinski definition) is 6. The largest absolute Gasteiger partial charge is 0.497 e. The molecule has 0 aliphatic carbocycles. The third kappa shape index (κ3) is 5.87. The van der Waals surface area contributed by atoms with E-state index in [1.807, 2.05) is 0 Å². The lowest BCUT2D eigenvalue weighted by Gasteiger charge is -2.17. The van der Waals surface area contributed by atoms with Crippen LogP contribution in [-0.4, -0.2) is 46.8 Å². The number of ether oxygens (including phenoxy) is 1. The summed E-state index contributed by atoms with van der Waals surface area (Å²) >= 11 is 0. The van der Waals surface area contributed by atoms with E-state index in [0.717, 1.165) is 6.07 Å². The lowest BCUT2D eigenvalue weighted by Crippen LogP contribution is -2.40. The molecular weight excluding hydrogens is 372 g/mol. The molecule has 0 aromatic heterocycles. The minimum absolute atomic E-state index is 0.0980. The number of benzene rings is 1. The smallest absolute Gasteiger partial charge is 0.321 e. The summed E-state index contributed by atoms with van der Waals surface area (Å²) in [5.74, 6) is -1.32. The zero-order valence-electron chi connectivity index (χ0n) is 14.1. The van der Waals surface area contributed by atoms with E-state index in [-0.39, 0.29) is 28.5 Å². The minimum Gasteiger partial charge on any atom is -0.497 e. The summed E-state index contributed by atoms with van der Waals surface area (Å²) in [5.41, 5.74) is -0.214. The summed E-state index contributed by atoms with van der Waals surface area (Å²) in [6, 6.07) is 2.40. The molecule has 0 fully saturated rings. The molecular formula is C14H22N2O7S2. The third-order valence-electron chi connectivity index (χ3n) is 3.29. The summed E-state index contributed by atoms with van der Waals surface area (Å²) in [4.78, 5) is 10.8. The molecule has 11 heteroatoms. The van der Waals surface area contributed by atoms with Gasteiger partial charge in [0.15, 0.2) is 0 Å². The van der Waals surface area contributed by atoms with Gasteiger partial charge in [-0.1, -0.05) is 13.3 Å². The van der Waals surface area contributed by atoms with Gasteiger partial charge in [0.1, 0.15) is 16.7 Å². The maximum Gasteiger partial charge on any atom is 0.321 e.